The van der Waals surface area contributed by atoms with E-state index in [2.05, 4.69) is 17.1 Å². The summed E-state index contributed by atoms with van der Waals surface area (Å²) in [6, 6.07) is 16.2. The van der Waals surface area contributed by atoms with Gasteiger partial charge in [-0.3, -0.25) is 4.79 Å². The monoisotopic (exact) mass is 408 g/mol. The topological polar surface area (TPSA) is 68.1 Å². The van der Waals surface area contributed by atoms with Crippen LogP contribution in [0.2, 0.25) is 0 Å². The van der Waals surface area contributed by atoms with Crippen molar-refractivity contribution in [1.82, 2.24) is 4.98 Å². The molecule has 0 aliphatic heterocycles. The van der Waals surface area contributed by atoms with Crippen LogP contribution in [0.4, 0.5) is 0 Å². The first kappa shape index (κ1) is 20.9. The molecule has 0 saturated heterocycles. The number of hydrogen-bond donors (Lipinski definition) is 2. The summed E-state index contributed by atoms with van der Waals surface area (Å²) in [6.45, 7) is 5.95. The van der Waals surface area contributed by atoms with E-state index >= 15 is 0 Å². The Morgan fingerprint density at radius 3 is 2.31 bits per heavy atom. The molecule has 0 saturated carbocycles. The number of aromatic amines is 1. The van der Waals surface area contributed by atoms with Gasteiger partial charge in [0.15, 0.2) is 0 Å². The molecule has 0 radical (unpaired) electrons. The second kappa shape index (κ2) is 7.90. The van der Waals surface area contributed by atoms with Crippen molar-refractivity contribution in [1.29, 1.82) is 0 Å². The van der Waals surface area contributed by atoms with Crippen LogP contribution in [-0.4, -0.2) is 12.1 Å². The Labute approximate surface area is 176 Å². The maximum absolute atomic E-state index is 12.7. The van der Waals surface area contributed by atoms with Crippen LogP contribution < -0.4 is 16.0 Å². The molecule has 5 heteroatoms. The van der Waals surface area contributed by atoms with E-state index in [0.717, 1.165) is 49.9 Å². The number of benzene rings is 3. The third kappa shape index (κ3) is 3.50. The number of H-pyrrole nitrogens is 1. The second-order valence-electron chi connectivity index (χ2n) is 7.43. The lowest BCUT2D eigenvalue weighted by Gasteiger charge is -2.17. The van der Waals surface area contributed by atoms with Gasteiger partial charge in [-0.25, -0.2) is 0 Å². The molecule has 0 fully saturated rings. The van der Waals surface area contributed by atoms with E-state index in [4.69, 9.17) is 10.5 Å². The van der Waals surface area contributed by atoms with Crippen molar-refractivity contribution in [3.05, 3.63) is 75.6 Å². The summed E-state index contributed by atoms with van der Waals surface area (Å²) in [5.41, 5.74) is 11.9. The van der Waals surface area contributed by atoms with Crippen molar-refractivity contribution in [2.45, 2.75) is 26.8 Å². The molecule has 1 atom stereocenters. The fraction of sp³-hybridized carbons (Fsp3) is 0.208. The number of rotatable bonds is 3. The molecule has 1 aromatic heterocycles. The smallest absolute Gasteiger partial charge is 0.256 e. The molecular formula is C24H25ClN2O2. The van der Waals surface area contributed by atoms with Crippen molar-refractivity contribution < 1.29 is 4.74 Å². The summed E-state index contributed by atoms with van der Waals surface area (Å²) in [6.07, 6.45) is 0. The van der Waals surface area contributed by atoms with Gasteiger partial charge < -0.3 is 15.5 Å². The molecule has 0 aliphatic carbocycles. The molecule has 4 nitrogen and oxygen atoms in total. The van der Waals surface area contributed by atoms with Crippen molar-refractivity contribution in [2.75, 3.05) is 7.11 Å². The van der Waals surface area contributed by atoms with Crippen LogP contribution in [0.5, 0.6) is 5.75 Å². The van der Waals surface area contributed by atoms with Gasteiger partial charge in [0.1, 0.15) is 5.75 Å². The first-order valence-electron chi connectivity index (χ1n) is 9.40. The zero-order chi connectivity index (χ0) is 20.0. The SMILES string of the molecule is COc1cc(C)c2[nH]c(=O)c3cc(C)ccc3c2c1-c1ccc([C@@H](C)N)cc1.Cl. The summed E-state index contributed by atoms with van der Waals surface area (Å²) >= 11 is 0. The number of fused-ring (bicyclic) bond motifs is 3. The predicted molar refractivity (Wildman–Crippen MR) is 123 cm³/mol. The van der Waals surface area contributed by atoms with Gasteiger partial charge in [0, 0.05) is 22.4 Å². The van der Waals surface area contributed by atoms with Crippen molar-refractivity contribution in [3.8, 4) is 16.9 Å². The Kier molecular flexibility index (Phi) is 5.69. The number of nitrogens with one attached hydrogen (secondary N) is 1. The summed E-state index contributed by atoms with van der Waals surface area (Å²) < 4.78 is 5.75. The zero-order valence-corrected chi connectivity index (χ0v) is 17.8. The Morgan fingerprint density at radius 1 is 1.00 bits per heavy atom. The maximum atomic E-state index is 12.7. The highest BCUT2D eigenvalue weighted by molar-refractivity contribution is 6.15. The molecular weight excluding hydrogens is 384 g/mol. The summed E-state index contributed by atoms with van der Waals surface area (Å²) in [5, 5.41) is 2.62. The van der Waals surface area contributed by atoms with Crippen molar-refractivity contribution >= 4 is 34.1 Å². The molecule has 3 N–H and O–H groups in total. The Hall–Kier alpha value is -2.82. The van der Waals surface area contributed by atoms with E-state index in [1.54, 1.807) is 7.11 Å². The normalized spacial score (nSPS) is 12.0. The highest BCUT2D eigenvalue weighted by Crippen LogP contribution is 2.41. The molecule has 150 valence electrons. The van der Waals surface area contributed by atoms with Crippen molar-refractivity contribution in [3.63, 3.8) is 0 Å². The quantitative estimate of drug-likeness (QED) is 0.445. The van der Waals surface area contributed by atoms with Crippen LogP contribution in [0.15, 0.2) is 53.3 Å². The van der Waals surface area contributed by atoms with E-state index in [1.165, 1.54) is 0 Å². The van der Waals surface area contributed by atoms with E-state index in [9.17, 15) is 4.79 Å². The largest absolute Gasteiger partial charge is 0.496 e. The maximum Gasteiger partial charge on any atom is 0.256 e. The Balaban J connectivity index is 0.00000240. The predicted octanol–water partition coefficient (Wildman–Crippen LogP) is 5.42. The molecule has 0 unspecified atom stereocenters. The molecule has 0 aliphatic rings. The molecule has 4 rings (SSSR count). The lowest BCUT2D eigenvalue weighted by atomic mass is 9.92. The lowest BCUT2D eigenvalue weighted by Crippen LogP contribution is -2.08. The standard InChI is InChI=1S/C24H24N2O2.ClH/c1-13-5-10-18-19(11-13)24(27)26-23-14(2)12-20(28-4)21(22(18)23)17-8-6-16(7-9-17)15(3)25;/h5-12,15H,25H2,1-4H3,(H,26,27);1H/t15-;/m1./s1. The molecule has 0 amide bonds. The second-order valence-corrected chi connectivity index (χ2v) is 7.43. The third-order valence-corrected chi connectivity index (χ3v) is 5.36. The molecule has 0 bridgehead atoms. The van der Waals surface area contributed by atoms with Gasteiger partial charge in [0.2, 0.25) is 0 Å². The highest BCUT2D eigenvalue weighted by Gasteiger charge is 2.18. The van der Waals surface area contributed by atoms with E-state index in [1.807, 2.05) is 57.2 Å². The average molecular weight is 409 g/mol. The average Bonchev–Trinajstić information content (AvgIpc) is 2.68. The highest BCUT2D eigenvalue weighted by atomic mass is 35.5. The minimum absolute atomic E-state index is 0. The lowest BCUT2D eigenvalue weighted by molar-refractivity contribution is 0.416. The summed E-state index contributed by atoms with van der Waals surface area (Å²) in [5.74, 6) is 0.785. The van der Waals surface area contributed by atoms with Gasteiger partial charge >= 0.3 is 0 Å². The summed E-state index contributed by atoms with van der Waals surface area (Å²) in [4.78, 5) is 15.8. The van der Waals surface area contributed by atoms with Gasteiger partial charge in [0.25, 0.3) is 5.56 Å². The van der Waals surface area contributed by atoms with Gasteiger partial charge in [-0.15, -0.1) is 12.4 Å². The van der Waals surface area contributed by atoms with E-state index in [0.29, 0.717) is 5.39 Å². The van der Waals surface area contributed by atoms with Gasteiger partial charge in [-0.1, -0.05) is 42.0 Å². The first-order chi connectivity index (χ1) is 13.4. The fourth-order valence-electron chi connectivity index (χ4n) is 3.86. The van der Waals surface area contributed by atoms with Gasteiger partial charge in [0.05, 0.1) is 12.6 Å². The van der Waals surface area contributed by atoms with Crippen LogP contribution in [0.3, 0.4) is 0 Å². The number of hydrogen-bond acceptors (Lipinski definition) is 3. The number of aromatic nitrogens is 1. The fourth-order valence-corrected chi connectivity index (χ4v) is 3.86. The van der Waals surface area contributed by atoms with Crippen LogP contribution in [-0.2, 0) is 0 Å². The number of methoxy groups -OCH3 is 1. The molecule has 3 aromatic carbocycles. The number of aryl methyl sites for hydroxylation is 2. The van der Waals surface area contributed by atoms with Crippen LogP contribution in [0.25, 0.3) is 32.8 Å². The van der Waals surface area contributed by atoms with Gasteiger partial charge in [-0.05, 0) is 55.0 Å². The van der Waals surface area contributed by atoms with Crippen LogP contribution >= 0.6 is 12.4 Å². The first-order valence-corrected chi connectivity index (χ1v) is 9.40. The van der Waals surface area contributed by atoms with Crippen molar-refractivity contribution in [2.24, 2.45) is 5.73 Å². The minimum atomic E-state index is -0.0716. The van der Waals surface area contributed by atoms with Gasteiger partial charge in [-0.2, -0.15) is 0 Å². The number of ether oxygens (including phenoxy) is 1. The number of nitrogens with two attached hydrogens (primary N) is 1. The number of halogens is 1. The Bertz CT molecular complexity index is 1260. The van der Waals surface area contributed by atoms with Crippen LogP contribution in [0.1, 0.15) is 29.7 Å². The van der Waals surface area contributed by atoms with Crippen LogP contribution in [0, 0.1) is 13.8 Å². The molecule has 4 aromatic rings. The summed E-state index contributed by atoms with van der Waals surface area (Å²) in [7, 11) is 1.68. The number of pyridine rings is 1. The Morgan fingerprint density at radius 2 is 1.69 bits per heavy atom. The third-order valence-electron chi connectivity index (χ3n) is 5.36. The van der Waals surface area contributed by atoms with E-state index in [-0.39, 0.29) is 24.0 Å². The molecule has 29 heavy (non-hydrogen) atoms. The molecule has 1 heterocycles. The molecule has 0 spiro atoms. The van der Waals surface area contributed by atoms with E-state index < -0.39 is 0 Å². The zero-order valence-electron chi connectivity index (χ0n) is 17.0. The minimum Gasteiger partial charge on any atom is -0.496 e.